The molecule has 0 radical (unpaired) electrons. The van der Waals surface area contributed by atoms with Gasteiger partial charge in [-0.3, -0.25) is 0 Å². The maximum atomic E-state index is 11.3. The number of nitrogens with one attached hydrogen (secondary N) is 2. The predicted molar refractivity (Wildman–Crippen MR) is 72.5 cm³/mol. The summed E-state index contributed by atoms with van der Waals surface area (Å²) in [6, 6.07) is -0.192. The Kier molecular flexibility index (Phi) is 7.05. The van der Waals surface area contributed by atoms with E-state index in [1.54, 1.807) is 6.92 Å². The van der Waals surface area contributed by atoms with Gasteiger partial charge in [0.1, 0.15) is 0 Å². The second-order valence-corrected chi connectivity index (χ2v) is 5.36. The van der Waals surface area contributed by atoms with Crippen LogP contribution in [0.4, 0.5) is 4.79 Å². The maximum absolute atomic E-state index is 11.3. The maximum Gasteiger partial charge on any atom is 0.314 e. The molecule has 5 heteroatoms. The van der Waals surface area contributed by atoms with Gasteiger partial charge in [-0.2, -0.15) is 0 Å². The molecule has 0 aliphatic carbocycles. The molecule has 0 spiro atoms. The number of amides is 2. The van der Waals surface area contributed by atoms with Crippen molar-refractivity contribution in [3.05, 3.63) is 0 Å². The van der Waals surface area contributed by atoms with Crippen molar-refractivity contribution < 1.29 is 9.90 Å². The Morgan fingerprint density at radius 2 is 2.06 bits per heavy atom. The van der Waals surface area contributed by atoms with Crippen LogP contribution in [0, 0.1) is 5.92 Å². The number of urea groups is 1. The molecule has 1 fully saturated rings. The molecule has 1 aliphatic heterocycles. The van der Waals surface area contributed by atoms with Crippen LogP contribution in [-0.4, -0.2) is 54.9 Å². The normalized spacial score (nSPS) is 19.5. The van der Waals surface area contributed by atoms with E-state index in [-0.39, 0.29) is 6.03 Å². The fourth-order valence-corrected chi connectivity index (χ4v) is 2.09. The van der Waals surface area contributed by atoms with Gasteiger partial charge in [0.25, 0.3) is 0 Å². The summed E-state index contributed by atoms with van der Waals surface area (Å²) < 4.78 is 0. The van der Waals surface area contributed by atoms with Gasteiger partial charge in [-0.25, -0.2) is 4.79 Å². The molecule has 0 saturated carbocycles. The van der Waals surface area contributed by atoms with Crippen LogP contribution in [0.3, 0.4) is 0 Å². The summed E-state index contributed by atoms with van der Waals surface area (Å²) in [5.41, 5.74) is 0. The van der Waals surface area contributed by atoms with Crippen LogP contribution in [0.25, 0.3) is 0 Å². The first-order valence-electron chi connectivity index (χ1n) is 7.00. The highest BCUT2D eigenvalue weighted by Gasteiger charge is 2.14. The number of hydrogen-bond acceptors (Lipinski definition) is 3. The molecule has 1 saturated heterocycles. The Morgan fingerprint density at radius 1 is 1.39 bits per heavy atom. The lowest BCUT2D eigenvalue weighted by molar-refractivity contribution is 0.184. The van der Waals surface area contributed by atoms with E-state index in [1.165, 1.54) is 25.9 Å². The van der Waals surface area contributed by atoms with Gasteiger partial charge in [-0.05, 0) is 51.7 Å². The lowest BCUT2D eigenvalue weighted by Gasteiger charge is -2.30. The molecular formula is C13H27N3O2. The Bertz CT molecular complexity index is 238. The average molecular weight is 257 g/mol. The molecule has 0 unspecified atom stereocenters. The molecule has 5 nitrogen and oxygen atoms in total. The van der Waals surface area contributed by atoms with E-state index in [2.05, 4.69) is 22.5 Å². The second kappa shape index (κ2) is 8.32. The van der Waals surface area contributed by atoms with E-state index in [0.717, 1.165) is 18.9 Å². The number of likely N-dealkylation sites (tertiary alicyclic amines) is 1. The number of carbonyl (C=O) groups is 1. The van der Waals surface area contributed by atoms with E-state index in [4.69, 9.17) is 5.11 Å². The SMILES string of the molecule is CC1CCN(CCCNC(=O)NC[C@H](C)O)CC1. The summed E-state index contributed by atoms with van der Waals surface area (Å²) in [6.45, 7) is 8.39. The lowest BCUT2D eigenvalue weighted by Crippen LogP contribution is -2.40. The fraction of sp³-hybridized carbons (Fsp3) is 0.923. The molecule has 18 heavy (non-hydrogen) atoms. The summed E-state index contributed by atoms with van der Waals surface area (Å²) in [4.78, 5) is 13.8. The van der Waals surface area contributed by atoms with Crippen LogP contribution in [0.15, 0.2) is 0 Å². The van der Waals surface area contributed by atoms with Crippen molar-refractivity contribution in [3.63, 3.8) is 0 Å². The van der Waals surface area contributed by atoms with Gasteiger partial charge in [-0.15, -0.1) is 0 Å². The zero-order valence-electron chi connectivity index (χ0n) is 11.6. The second-order valence-electron chi connectivity index (χ2n) is 5.36. The van der Waals surface area contributed by atoms with E-state index in [0.29, 0.717) is 13.1 Å². The monoisotopic (exact) mass is 257 g/mol. The molecular weight excluding hydrogens is 230 g/mol. The zero-order valence-corrected chi connectivity index (χ0v) is 11.6. The molecule has 106 valence electrons. The minimum Gasteiger partial charge on any atom is -0.392 e. The average Bonchev–Trinajstić information content (AvgIpc) is 2.34. The van der Waals surface area contributed by atoms with E-state index in [9.17, 15) is 4.79 Å². The number of carbonyl (C=O) groups excluding carboxylic acids is 1. The van der Waals surface area contributed by atoms with Crippen molar-refractivity contribution in [3.8, 4) is 0 Å². The van der Waals surface area contributed by atoms with Crippen LogP contribution in [0.5, 0.6) is 0 Å². The van der Waals surface area contributed by atoms with Gasteiger partial charge in [-0.1, -0.05) is 6.92 Å². The van der Waals surface area contributed by atoms with Gasteiger partial charge in [0.2, 0.25) is 0 Å². The lowest BCUT2D eigenvalue weighted by atomic mass is 9.99. The van der Waals surface area contributed by atoms with Gasteiger partial charge in [0, 0.05) is 13.1 Å². The van der Waals surface area contributed by atoms with Crippen molar-refractivity contribution in [1.29, 1.82) is 0 Å². The first-order chi connectivity index (χ1) is 8.58. The molecule has 0 aromatic carbocycles. The molecule has 1 aliphatic rings. The van der Waals surface area contributed by atoms with E-state index in [1.807, 2.05) is 0 Å². The van der Waals surface area contributed by atoms with Crippen LogP contribution in [-0.2, 0) is 0 Å². The smallest absolute Gasteiger partial charge is 0.314 e. The minimum atomic E-state index is -0.494. The molecule has 0 aromatic rings. The number of aliphatic hydroxyl groups excluding tert-OH is 1. The Hall–Kier alpha value is -0.810. The Morgan fingerprint density at radius 3 is 2.67 bits per heavy atom. The third kappa shape index (κ3) is 6.81. The number of hydrogen-bond donors (Lipinski definition) is 3. The van der Waals surface area contributed by atoms with Gasteiger partial charge < -0.3 is 20.6 Å². The summed E-state index contributed by atoms with van der Waals surface area (Å²) in [5.74, 6) is 0.866. The van der Waals surface area contributed by atoms with Gasteiger partial charge in [0.05, 0.1) is 6.10 Å². The Balaban J connectivity index is 1.96. The molecule has 2 amide bonds. The quantitative estimate of drug-likeness (QED) is 0.616. The molecule has 1 atom stereocenters. The van der Waals surface area contributed by atoms with Gasteiger partial charge >= 0.3 is 6.03 Å². The highest BCUT2D eigenvalue weighted by molar-refractivity contribution is 5.73. The number of rotatable bonds is 6. The predicted octanol–water partition coefficient (Wildman–Crippen LogP) is 0.788. The summed E-state index contributed by atoms with van der Waals surface area (Å²) in [6.07, 6.45) is 3.08. The topological polar surface area (TPSA) is 64.6 Å². The van der Waals surface area contributed by atoms with Crippen molar-refractivity contribution in [2.45, 2.75) is 39.2 Å². The Labute approximate surface area is 110 Å². The van der Waals surface area contributed by atoms with Crippen LogP contribution < -0.4 is 10.6 Å². The number of aliphatic hydroxyl groups is 1. The first-order valence-corrected chi connectivity index (χ1v) is 7.00. The van der Waals surface area contributed by atoms with Crippen molar-refractivity contribution >= 4 is 6.03 Å². The van der Waals surface area contributed by atoms with E-state index < -0.39 is 6.10 Å². The van der Waals surface area contributed by atoms with Crippen molar-refractivity contribution in [2.75, 3.05) is 32.7 Å². The third-order valence-corrected chi connectivity index (χ3v) is 3.37. The van der Waals surface area contributed by atoms with Crippen molar-refractivity contribution in [1.82, 2.24) is 15.5 Å². The zero-order chi connectivity index (χ0) is 13.4. The molecule has 0 aromatic heterocycles. The number of piperidine rings is 1. The van der Waals surface area contributed by atoms with Crippen LogP contribution >= 0.6 is 0 Å². The minimum absolute atomic E-state index is 0.192. The van der Waals surface area contributed by atoms with Crippen LogP contribution in [0.2, 0.25) is 0 Å². The highest BCUT2D eigenvalue weighted by Crippen LogP contribution is 2.15. The number of nitrogens with zero attached hydrogens (tertiary/aromatic N) is 1. The first kappa shape index (κ1) is 15.2. The standard InChI is InChI=1S/C13H27N3O2/c1-11-4-8-16(9-5-11)7-3-6-14-13(18)15-10-12(2)17/h11-12,17H,3-10H2,1-2H3,(H2,14,15,18)/t12-/m0/s1. The largest absolute Gasteiger partial charge is 0.392 e. The van der Waals surface area contributed by atoms with Crippen molar-refractivity contribution in [2.24, 2.45) is 5.92 Å². The molecule has 3 N–H and O–H groups in total. The third-order valence-electron chi connectivity index (χ3n) is 3.37. The molecule has 1 rings (SSSR count). The van der Waals surface area contributed by atoms with E-state index >= 15 is 0 Å². The summed E-state index contributed by atoms with van der Waals surface area (Å²) in [7, 11) is 0. The summed E-state index contributed by atoms with van der Waals surface area (Å²) in [5, 5.41) is 14.4. The fourth-order valence-electron chi connectivity index (χ4n) is 2.09. The van der Waals surface area contributed by atoms with Gasteiger partial charge in [0.15, 0.2) is 0 Å². The van der Waals surface area contributed by atoms with Crippen LogP contribution in [0.1, 0.15) is 33.1 Å². The summed E-state index contributed by atoms with van der Waals surface area (Å²) >= 11 is 0. The highest BCUT2D eigenvalue weighted by atomic mass is 16.3. The molecule has 0 bridgehead atoms. The molecule has 1 heterocycles.